The number of carbonyl (C=O) groups is 2. The lowest BCUT2D eigenvalue weighted by molar-refractivity contribution is 0.0953. The number of benzene rings is 1. The van der Waals surface area contributed by atoms with E-state index in [2.05, 4.69) is 31.4 Å². The molecule has 1 heterocycles. The Balaban J connectivity index is 1.95. The lowest BCUT2D eigenvalue weighted by atomic mass is 9.72. The number of halogens is 1. The first-order chi connectivity index (χ1) is 13.7. The third-order valence-corrected chi connectivity index (χ3v) is 7.10. The Kier molecular flexibility index (Phi) is 6.69. The number of rotatable bonds is 5. The first-order valence-corrected chi connectivity index (χ1v) is 11.4. The lowest BCUT2D eigenvalue weighted by Gasteiger charge is -2.33. The van der Waals surface area contributed by atoms with E-state index in [0.29, 0.717) is 33.6 Å². The van der Waals surface area contributed by atoms with Gasteiger partial charge in [-0.15, -0.1) is 11.3 Å². The van der Waals surface area contributed by atoms with Crippen LogP contribution in [0.2, 0.25) is 5.02 Å². The molecule has 3 rings (SSSR count). The Labute approximate surface area is 182 Å². The number of amides is 2. The molecule has 1 unspecified atom stereocenters. The predicted octanol–water partition coefficient (Wildman–Crippen LogP) is 5.94. The van der Waals surface area contributed by atoms with Gasteiger partial charge in [-0.25, -0.2) is 0 Å². The van der Waals surface area contributed by atoms with Crippen LogP contribution in [0.3, 0.4) is 0 Å². The van der Waals surface area contributed by atoms with Crippen molar-refractivity contribution in [2.45, 2.75) is 53.4 Å². The zero-order valence-electron chi connectivity index (χ0n) is 17.5. The Morgan fingerprint density at radius 2 is 1.93 bits per heavy atom. The van der Waals surface area contributed by atoms with Crippen LogP contribution in [0.15, 0.2) is 24.3 Å². The molecule has 0 fully saturated rings. The molecule has 1 aliphatic rings. The molecule has 0 saturated carbocycles. The smallest absolute Gasteiger partial charge is 0.257 e. The van der Waals surface area contributed by atoms with Gasteiger partial charge in [-0.3, -0.25) is 9.59 Å². The highest BCUT2D eigenvalue weighted by Gasteiger charge is 2.34. The third-order valence-electron chi connectivity index (χ3n) is 5.60. The molecular formula is C23H29ClN2O2S. The fourth-order valence-electron chi connectivity index (χ4n) is 3.80. The first-order valence-electron chi connectivity index (χ1n) is 10.2. The highest BCUT2D eigenvalue weighted by Crippen LogP contribution is 2.44. The van der Waals surface area contributed by atoms with E-state index in [0.717, 1.165) is 31.2 Å². The van der Waals surface area contributed by atoms with E-state index < -0.39 is 0 Å². The minimum atomic E-state index is -0.286. The minimum absolute atomic E-state index is 0.104. The Morgan fingerprint density at radius 1 is 1.21 bits per heavy atom. The van der Waals surface area contributed by atoms with Crippen molar-refractivity contribution in [1.82, 2.24) is 5.32 Å². The molecule has 0 radical (unpaired) electrons. The number of hydrogen-bond donors (Lipinski definition) is 2. The van der Waals surface area contributed by atoms with Gasteiger partial charge in [0.05, 0.1) is 16.1 Å². The summed E-state index contributed by atoms with van der Waals surface area (Å²) in [7, 11) is 0. The molecule has 0 bridgehead atoms. The van der Waals surface area contributed by atoms with Crippen molar-refractivity contribution < 1.29 is 9.59 Å². The van der Waals surface area contributed by atoms with Gasteiger partial charge in [0.1, 0.15) is 5.00 Å². The Hall–Kier alpha value is -1.85. The number of anilines is 1. The summed E-state index contributed by atoms with van der Waals surface area (Å²) < 4.78 is 0. The number of hydrogen-bond acceptors (Lipinski definition) is 3. The van der Waals surface area contributed by atoms with Gasteiger partial charge in [-0.1, -0.05) is 51.4 Å². The molecule has 6 heteroatoms. The predicted molar refractivity (Wildman–Crippen MR) is 121 cm³/mol. The molecule has 1 atom stereocenters. The van der Waals surface area contributed by atoms with Crippen molar-refractivity contribution in [3.8, 4) is 0 Å². The Morgan fingerprint density at radius 3 is 2.59 bits per heavy atom. The second-order valence-corrected chi connectivity index (χ2v) is 10.2. The van der Waals surface area contributed by atoms with Crippen molar-refractivity contribution in [2.24, 2.45) is 11.3 Å². The highest BCUT2D eigenvalue weighted by atomic mass is 35.5. The molecule has 0 saturated heterocycles. The van der Waals surface area contributed by atoms with Crippen LogP contribution in [0.4, 0.5) is 5.00 Å². The summed E-state index contributed by atoms with van der Waals surface area (Å²) in [5.41, 5.74) is 2.35. The van der Waals surface area contributed by atoms with Crippen LogP contribution >= 0.6 is 22.9 Å². The maximum Gasteiger partial charge on any atom is 0.257 e. The largest absolute Gasteiger partial charge is 0.352 e. The van der Waals surface area contributed by atoms with Gasteiger partial charge >= 0.3 is 0 Å². The van der Waals surface area contributed by atoms with Crippen LogP contribution in [0.5, 0.6) is 0 Å². The second-order valence-electron chi connectivity index (χ2n) is 8.70. The molecule has 2 aromatic rings. The van der Waals surface area contributed by atoms with Gasteiger partial charge in [0.2, 0.25) is 0 Å². The molecule has 1 aromatic heterocycles. The maximum atomic E-state index is 12.9. The van der Waals surface area contributed by atoms with Crippen LogP contribution in [0, 0.1) is 11.3 Å². The normalized spacial score (nSPS) is 16.2. The van der Waals surface area contributed by atoms with E-state index in [1.54, 1.807) is 24.3 Å². The fourth-order valence-corrected chi connectivity index (χ4v) is 5.34. The molecular weight excluding hydrogens is 404 g/mol. The molecule has 2 N–H and O–H groups in total. The summed E-state index contributed by atoms with van der Waals surface area (Å²) >= 11 is 7.73. The Bertz CT molecular complexity index is 914. The van der Waals surface area contributed by atoms with Crippen molar-refractivity contribution in [3.05, 3.63) is 50.9 Å². The van der Waals surface area contributed by atoms with E-state index in [9.17, 15) is 9.59 Å². The average molecular weight is 433 g/mol. The fraction of sp³-hybridized carbons (Fsp3) is 0.478. The number of carbonyl (C=O) groups excluding carboxylic acids is 2. The van der Waals surface area contributed by atoms with Crippen LogP contribution in [-0.2, 0) is 12.8 Å². The molecule has 1 aromatic carbocycles. The number of thiophene rings is 1. The van der Waals surface area contributed by atoms with Gasteiger partial charge in [-0.05, 0) is 54.7 Å². The quantitative estimate of drug-likeness (QED) is 0.613. The monoisotopic (exact) mass is 432 g/mol. The molecule has 1 aliphatic carbocycles. The molecule has 2 amide bonds. The topological polar surface area (TPSA) is 58.2 Å². The molecule has 156 valence electrons. The first kappa shape index (κ1) is 21.8. The van der Waals surface area contributed by atoms with Crippen molar-refractivity contribution in [2.75, 3.05) is 11.9 Å². The van der Waals surface area contributed by atoms with Crippen LogP contribution < -0.4 is 10.6 Å². The zero-order chi connectivity index (χ0) is 21.2. The number of fused-ring (bicyclic) bond motifs is 1. The summed E-state index contributed by atoms with van der Waals surface area (Å²) in [6.07, 6.45) is 3.73. The van der Waals surface area contributed by atoms with E-state index >= 15 is 0 Å². The van der Waals surface area contributed by atoms with E-state index in [1.165, 1.54) is 16.2 Å². The summed E-state index contributed by atoms with van der Waals surface area (Å²) in [5.74, 6) is 0.173. The van der Waals surface area contributed by atoms with Gasteiger partial charge in [0, 0.05) is 11.4 Å². The van der Waals surface area contributed by atoms with Crippen LogP contribution in [0.1, 0.15) is 71.7 Å². The molecule has 29 heavy (non-hydrogen) atoms. The summed E-state index contributed by atoms with van der Waals surface area (Å²) in [6, 6.07) is 6.96. The summed E-state index contributed by atoms with van der Waals surface area (Å²) in [5, 5.41) is 6.98. The average Bonchev–Trinajstić information content (AvgIpc) is 3.02. The van der Waals surface area contributed by atoms with Gasteiger partial charge < -0.3 is 10.6 Å². The standard InChI is InChI=1S/C23H29ClN2O2S/c1-5-12-25-21(28)19-16-11-10-14(23(2,3)4)13-18(16)29-22(19)26-20(27)15-8-6-7-9-17(15)24/h6-9,14H,5,10-13H2,1-4H3,(H,25,28)(H,26,27). The number of nitrogens with one attached hydrogen (secondary N) is 2. The van der Waals surface area contributed by atoms with E-state index in [-0.39, 0.29) is 17.2 Å². The lowest BCUT2D eigenvalue weighted by Crippen LogP contribution is -2.29. The van der Waals surface area contributed by atoms with Crippen LogP contribution in [0.25, 0.3) is 0 Å². The molecule has 0 aliphatic heterocycles. The second kappa shape index (κ2) is 8.88. The molecule has 4 nitrogen and oxygen atoms in total. The van der Waals surface area contributed by atoms with E-state index in [4.69, 9.17) is 11.6 Å². The van der Waals surface area contributed by atoms with Gasteiger partial charge in [-0.2, -0.15) is 0 Å². The highest BCUT2D eigenvalue weighted by molar-refractivity contribution is 7.17. The minimum Gasteiger partial charge on any atom is -0.352 e. The van der Waals surface area contributed by atoms with Gasteiger partial charge in [0.15, 0.2) is 0 Å². The zero-order valence-corrected chi connectivity index (χ0v) is 19.1. The van der Waals surface area contributed by atoms with Gasteiger partial charge in [0.25, 0.3) is 11.8 Å². The van der Waals surface area contributed by atoms with E-state index in [1.807, 2.05) is 6.92 Å². The van der Waals surface area contributed by atoms with Crippen molar-refractivity contribution in [3.63, 3.8) is 0 Å². The summed E-state index contributed by atoms with van der Waals surface area (Å²) in [4.78, 5) is 27.0. The maximum absolute atomic E-state index is 12.9. The summed E-state index contributed by atoms with van der Waals surface area (Å²) in [6.45, 7) is 9.45. The third kappa shape index (κ3) is 4.84. The molecule has 0 spiro atoms. The van der Waals surface area contributed by atoms with Crippen LogP contribution in [-0.4, -0.2) is 18.4 Å². The van der Waals surface area contributed by atoms with Crippen molar-refractivity contribution >= 4 is 39.8 Å². The SMILES string of the molecule is CCCNC(=O)c1c(NC(=O)c2ccccc2Cl)sc2c1CCC(C(C)(C)C)C2. The van der Waals surface area contributed by atoms with Crippen molar-refractivity contribution in [1.29, 1.82) is 0 Å².